The molecule has 1 atom stereocenters. The van der Waals surface area contributed by atoms with Gasteiger partial charge in [0.15, 0.2) is 5.66 Å². The van der Waals surface area contributed by atoms with E-state index in [1.54, 1.807) is 13.0 Å². The molecule has 2 aromatic heterocycles. The zero-order valence-corrected chi connectivity index (χ0v) is 41.8. The van der Waals surface area contributed by atoms with Crippen LogP contribution in [0.15, 0.2) is 35.9 Å². The van der Waals surface area contributed by atoms with E-state index in [0.717, 1.165) is 57.7 Å². The number of fused-ring (bicyclic) bond motifs is 2. The first-order chi connectivity index (χ1) is 28.0. The summed E-state index contributed by atoms with van der Waals surface area (Å²) < 4.78 is 45.6. The number of methoxy groups -OCH3 is 2. The average Bonchev–Trinajstić information content (AvgIpc) is 3.27. The Labute approximate surface area is 383 Å². The molecule has 2 aliphatic rings. The molecule has 2 aliphatic carbocycles. The van der Waals surface area contributed by atoms with E-state index in [1.807, 2.05) is 0 Å². The summed E-state index contributed by atoms with van der Waals surface area (Å²) in [6.45, 7) is 5.21. The van der Waals surface area contributed by atoms with Crippen LogP contribution in [0.3, 0.4) is 0 Å². The number of carbonyl (C=O) groups excluding carboxylic acids is 3. The predicted octanol–water partition coefficient (Wildman–Crippen LogP) is 7.72. The van der Waals surface area contributed by atoms with E-state index in [4.69, 9.17) is 44.0 Å². The minimum absolute atomic E-state index is 0. The van der Waals surface area contributed by atoms with Crippen molar-refractivity contribution in [2.75, 3.05) is 60.2 Å². The number of unbranched alkanes of at least 4 members (excludes halogenated alkanes) is 2. The summed E-state index contributed by atoms with van der Waals surface area (Å²) in [6.07, 6.45) is 18.6. The second kappa shape index (κ2) is 36.1. The van der Waals surface area contributed by atoms with E-state index in [2.05, 4.69) is 51.2 Å². The molecule has 0 saturated carbocycles. The Bertz CT molecular complexity index is 1520. The zero-order valence-electron chi connectivity index (χ0n) is 36.2. The van der Waals surface area contributed by atoms with Gasteiger partial charge in [-0.1, -0.05) is 12.1 Å². The number of ether oxygens (including phenoxy) is 4. The molecule has 0 spiro atoms. The van der Waals surface area contributed by atoms with E-state index < -0.39 is 19.2 Å². The van der Waals surface area contributed by atoms with E-state index in [-0.39, 0.29) is 49.0 Å². The third-order valence-corrected chi connectivity index (χ3v) is 11.3. The predicted molar refractivity (Wildman–Crippen MR) is 228 cm³/mol. The van der Waals surface area contributed by atoms with Gasteiger partial charge in [0, 0.05) is 95.3 Å². The molecule has 0 aliphatic heterocycles. The van der Waals surface area contributed by atoms with Crippen molar-refractivity contribution in [1.29, 1.82) is 1.34 Å². The fraction of sp³-hybridized carbons (Fsp3) is 0.634. The van der Waals surface area contributed by atoms with Crippen LogP contribution in [0.4, 0.5) is 0 Å². The molecule has 12 nitrogen and oxygen atoms in total. The van der Waals surface area contributed by atoms with Crippen LogP contribution in [0.25, 0.3) is 0 Å². The number of carbonyl (C=O) groups is 3. The van der Waals surface area contributed by atoms with Crippen LogP contribution in [-0.2, 0) is 85.5 Å². The fourth-order valence-corrected chi connectivity index (χ4v) is 7.03. The molecular formula is C41H64BCl2N2O10PU. The van der Waals surface area contributed by atoms with E-state index in [9.17, 15) is 18.9 Å². The van der Waals surface area contributed by atoms with Crippen LogP contribution in [0.5, 0.6) is 0 Å². The van der Waals surface area contributed by atoms with Crippen molar-refractivity contribution in [3.63, 3.8) is 0 Å². The number of halogens is 2. The molecule has 0 bridgehead atoms. The van der Waals surface area contributed by atoms with Crippen molar-refractivity contribution in [2.45, 2.75) is 109 Å². The summed E-state index contributed by atoms with van der Waals surface area (Å²) in [6, 6.07) is 8.84. The van der Waals surface area contributed by atoms with Crippen molar-refractivity contribution in [1.82, 2.24) is 9.97 Å². The zero-order chi connectivity index (χ0) is 43.6. The first-order valence-corrected chi connectivity index (χ1v) is 21.9. The Kier molecular flexibility index (Phi) is 35.1. The van der Waals surface area contributed by atoms with Gasteiger partial charge in [-0.15, -0.1) is 23.2 Å². The Morgan fingerprint density at radius 2 is 1.24 bits per heavy atom. The fourth-order valence-electron chi connectivity index (χ4n) is 5.89. The monoisotopic (exact) mass is 1100 g/mol. The topological polar surface area (TPSA) is 149 Å². The summed E-state index contributed by atoms with van der Waals surface area (Å²) in [4.78, 5) is 41.7. The number of esters is 2. The number of nitrogens with zero attached hydrogens (tertiary/aromatic N) is 2. The van der Waals surface area contributed by atoms with Gasteiger partial charge in [0.25, 0.3) is 0 Å². The molecule has 1 unspecified atom stereocenters. The van der Waals surface area contributed by atoms with Crippen LogP contribution in [0, 0.1) is 31.1 Å². The summed E-state index contributed by atoms with van der Waals surface area (Å²) in [7, 11) is 5.48. The van der Waals surface area contributed by atoms with Crippen LogP contribution in [0.1, 0.15) is 99.1 Å². The van der Waals surface area contributed by atoms with Gasteiger partial charge in [-0.05, 0) is 134 Å². The Morgan fingerprint density at radius 3 is 1.66 bits per heavy atom. The smallest absolute Gasteiger partial charge is 0.344 e. The molecule has 324 valence electrons. The normalized spacial score (nSPS) is 13.4. The molecule has 4 rings (SSSR count). The minimum Gasteiger partial charge on any atom is -0.468 e. The number of hydrogen-bond donors (Lipinski definition) is 0. The van der Waals surface area contributed by atoms with Crippen LogP contribution in [-0.4, -0.2) is 104 Å². The molecule has 58 heavy (non-hydrogen) atoms. The summed E-state index contributed by atoms with van der Waals surface area (Å²) in [5, 5.41) is 0.194. The largest absolute Gasteiger partial charge is 0.468 e. The Morgan fingerprint density at radius 1 is 0.793 bits per heavy atom. The summed E-state index contributed by atoms with van der Waals surface area (Å²) >= 11 is 9.53. The van der Waals surface area contributed by atoms with Gasteiger partial charge in [0.05, 0.1) is 26.2 Å². The number of alkyl halides is 2. The Balaban J connectivity index is 0. The molecule has 0 N–H and O–H groups in total. The van der Waals surface area contributed by atoms with Gasteiger partial charge in [-0.25, -0.2) is 4.79 Å². The second-order valence-corrected chi connectivity index (χ2v) is 16.4. The number of rotatable bonds is 19. The summed E-state index contributed by atoms with van der Waals surface area (Å²) in [5.74, 6) is -0.908. The molecule has 2 heterocycles. The van der Waals surface area contributed by atoms with E-state index in [1.165, 1.54) is 108 Å². The minimum atomic E-state index is -3.32. The third-order valence-electron chi connectivity index (χ3n) is 9.14. The van der Waals surface area contributed by atoms with Gasteiger partial charge in [-0.2, -0.15) is 0 Å². The first-order valence-electron chi connectivity index (χ1n) is 19.8. The maximum Gasteiger partial charge on any atom is 0.344 e. The van der Waals surface area contributed by atoms with Gasteiger partial charge >= 0.3 is 19.5 Å². The van der Waals surface area contributed by atoms with Crippen LogP contribution < -0.4 is 0 Å². The van der Waals surface area contributed by atoms with Crippen molar-refractivity contribution in [2.24, 2.45) is 0 Å². The Hall–Kier alpha value is -1.58. The quantitative estimate of drug-likeness (QED) is 0.0258. The molecule has 0 amide bonds. The van der Waals surface area contributed by atoms with Crippen molar-refractivity contribution in [3.8, 4) is 0 Å². The van der Waals surface area contributed by atoms with Crippen LogP contribution >= 0.6 is 30.8 Å². The van der Waals surface area contributed by atoms with Crippen LogP contribution in [0.2, 0.25) is 0 Å². The number of aryl methyl sites for hydroxylation is 6. The van der Waals surface area contributed by atoms with Crippen molar-refractivity contribution in [3.05, 3.63) is 69.8 Å². The molecular weight excluding hydrogens is 1030 g/mol. The maximum absolute atomic E-state index is 11.5. The molecule has 0 aromatic carbocycles. The number of aldehydes is 1. The SMILES string of the molecule is COC(=O)C(C)=CCOCCCCc1ccc2c(n1)CCCC2.COC(=O)C(C)P(=O)(OC)OC.ClCCl.O=CCOCCCCc1ccc2c(n1)CCCC2.[2H][B].[U]. The third kappa shape index (κ3) is 24.0. The number of pyridine rings is 2. The van der Waals surface area contributed by atoms with E-state index >= 15 is 0 Å². The maximum atomic E-state index is 11.5. The van der Waals surface area contributed by atoms with Crippen molar-refractivity contribution >= 4 is 57.4 Å². The van der Waals surface area contributed by atoms with Gasteiger partial charge < -0.3 is 32.8 Å². The first kappa shape index (κ1) is 56.4. The molecule has 0 saturated heterocycles. The summed E-state index contributed by atoms with van der Waals surface area (Å²) in [5.41, 5.74) is 7.61. The average molecular weight is 1100 g/mol. The van der Waals surface area contributed by atoms with Gasteiger partial charge in [0.1, 0.15) is 12.9 Å². The molecule has 0 fully saturated rings. The van der Waals surface area contributed by atoms with Gasteiger partial charge in [-0.3, -0.25) is 19.3 Å². The molecule has 2 radical (unpaired) electrons. The van der Waals surface area contributed by atoms with Gasteiger partial charge in [0.2, 0.25) is 0 Å². The molecule has 2 aromatic rings. The van der Waals surface area contributed by atoms with E-state index in [0.29, 0.717) is 25.4 Å². The number of aromatic nitrogens is 2. The van der Waals surface area contributed by atoms with Crippen molar-refractivity contribution < 1.29 is 78.1 Å². The number of hydrogen-bond acceptors (Lipinski definition) is 12. The molecule has 17 heteroatoms. The standard InChI is InChI=1S/C19H27NO3.C15H21NO2.C6H13O5P.CH2Cl2.BH.U/c1-15(19(21)22-2)12-14-23-13-6-5-8-17-11-10-16-7-3-4-9-18(16)20-17;17-10-12-18-11-4-3-6-14-9-8-13-5-1-2-7-15(13)16-14;1-5(6(7)9-2)12(8,10-3)11-4;2-1-3;;/h10-12H,3-9,13-14H2,1-2H3;8-10H,1-7,11-12H2;5H,1-4H3;1H2;1H;/i;;;;1D;. The second-order valence-electron chi connectivity index (χ2n) is 13.0.